The Labute approximate surface area is 123 Å². The Morgan fingerprint density at radius 3 is 2.38 bits per heavy atom. The first-order valence-corrected chi connectivity index (χ1v) is 7.11. The van der Waals surface area contributed by atoms with Gasteiger partial charge >= 0.3 is 6.03 Å². The maximum atomic E-state index is 13.1. The largest absolute Gasteiger partial charge is 0.326 e. The first-order chi connectivity index (χ1) is 10.2. The van der Waals surface area contributed by atoms with Gasteiger partial charge in [-0.25, -0.2) is 9.18 Å². The van der Waals surface area contributed by atoms with Crippen LogP contribution in [0.1, 0.15) is 12.8 Å². The van der Waals surface area contributed by atoms with Crippen LogP contribution in [0.4, 0.5) is 20.6 Å². The number of rotatable bonds is 4. The number of halogens is 1. The molecule has 2 amide bonds. The summed E-state index contributed by atoms with van der Waals surface area (Å²) in [6, 6.07) is 15.2. The second-order valence-electron chi connectivity index (χ2n) is 5.33. The molecule has 1 N–H and O–H groups in total. The minimum absolute atomic E-state index is 0.181. The fraction of sp³-hybridized carbons (Fsp3) is 0.235. The summed E-state index contributed by atoms with van der Waals surface area (Å²) in [5.41, 5.74) is 1.47. The molecule has 0 unspecified atom stereocenters. The molecule has 0 heterocycles. The molecule has 1 aliphatic carbocycles. The van der Waals surface area contributed by atoms with Crippen LogP contribution < -0.4 is 10.2 Å². The highest BCUT2D eigenvalue weighted by Gasteiger charge is 2.27. The van der Waals surface area contributed by atoms with Gasteiger partial charge in [-0.15, -0.1) is 0 Å². The van der Waals surface area contributed by atoms with E-state index in [4.69, 9.17) is 0 Å². The third kappa shape index (κ3) is 3.60. The highest BCUT2D eigenvalue weighted by molar-refractivity contribution is 6.01. The van der Waals surface area contributed by atoms with Gasteiger partial charge in [0.1, 0.15) is 5.82 Å². The molecule has 3 nitrogen and oxygen atoms in total. The quantitative estimate of drug-likeness (QED) is 0.893. The lowest BCUT2D eigenvalue weighted by Gasteiger charge is -2.23. The lowest BCUT2D eigenvalue weighted by atomic mass is 10.2. The van der Waals surface area contributed by atoms with Gasteiger partial charge in [0.05, 0.1) is 0 Å². The maximum absolute atomic E-state index is 13.1. The molecule has 3 rings (SSSR count). The molecular weight excluding hydrogens is 267 g/mol. The molecule has 0 bridgehead atoms. The number of para-hydroxylation sites is 1. The number of amides is 2. The van der Waals surface area contributed by atoms with Crippen molar-refractivity contribution in [1.82, 2.24) is 0 Å². The number of hydrogen-bond acceptors (Lipinski definition) is 1. The Balaban J connectivity index is 1.77. The van der Waals surface area contributed by atoms with Crippen LogP contribution in [-0.2, 0) is 0 Å². The molecule has 1 fully saturated rings. The summed E-state index contributed by atoms with van der Waals surface area (Å²) < 4.78 is 13.1. The van der Waals surface area contributed by atoms with Gasteiger partial charge in [-0.05, 0) is 55.2 Å². The standard InChI is InChI=1S/C17H17FN2O/c18-14-8-10-16(11-9-14)20(12-13-6-7-13)17(21)19-15-4-2-1-3-5-15/h1-5,8-11,13H,6-7,12H2,(H,19,21). The molecule has 0 spiro atoms. The Kier molecular flexibility index (Phi) is 3.86. The van der Waals surface area contributed by atoms with E-state index in [2.05, 4.69) is 5.32 Å². The Hall–Kier alpha value is -2.36. The van der Waals surface area contributed by atoms with E-state index in [1.807, 2.05) is 30.3 Å². The number of carbonyl (C=O) groups is 1. The SMILES string of the molecule is O=C(Nc1ccccc1)N(CC1CC1)c1ccc(F)cc1. The van der Waals surface area contributed by atoms with Crippen molar-refractivity contribution in [1.29, 1.82) is 0 Å². The normalized spacial score (nSPS) is 13.8. The molecular formula is C17H17FN2O. The van der Waals surface area contributed by atoms with Gasteiger partial charge in [0, 0.05) is 17.9 Å². The lowest BCUT2D eigenvalue weighted by molar-refractivity contribution is 0.256. The summed E-state index contributed by atoms with van der Waals surface area (Å²) in [5.74, 6) is 0.255. The predicted octanol–water partition coefficient (Wildman–Crippen LogP) is 4.27. The smallest absolute Gasteiger partial charge is 0.308 e. The van der Waals surface area contributed by atoms with Crippen LogP contribution in [0.2, 0.25) is 0 Å². The summed E-state index contributed by atoms with van der Waals surface area (Å²) in [6.07, 6.45) is 2.30. The fourth-order valence-electron chi connectivity index (χ4n) is 2.20. The van der Waals surface area contributed by atoms with Crippen LogP contribution in [0.25, 0.3) is 0 Å². The van der Waals surface area contributed by atoms with E-state index in [0.29, 0.717) is 12.5 Å². The number of benzene rings is 2. The number of nitrogens with zero attached hydrogens (tertiary/aromatic N) is 1. The van der Waals surface area contributed by atoms with E-state index in [1.54, 1.807) is 17.0 Å². The van der Waals surface area contributed by atoms with Gasteiger partial charge in [0.25, 0.3) is 0 Å². The van der Waals surface area contributed by atoms with Gasteiger partial charge in [0.2, 0.25) is 0 Å². The van der Waals surface area contributed by atoms with Crippen LogP contribution in [0.15, 0.2) is 54.6 Å². The number of urea groups is 1. The van der Waals surface area contributed by atoms with E-state index >= 15 is 0 Å². The van der Waals surface area contributed by atoms with Crippen molar-refractivity contribution in [3.8, 4) is 0 Å². The van der Waals surface area contributed by atoms with E-state index in [9.17, 15) is 9.18 Å². The molecule has 0 aliphatic heterocycles. The molecule has 21 heavy (non-hydrogen) atoms. The van der Waals surface area contributed by atoms with E-state index in [1.165, 1.54) is 12.1 Å². The van der Waals surface area contributed by atoms with Crippen molar-refractivity contribution in [2.45, 2.75) is 12.8 Å². The van der Waals surface area contributed by atoms with Crippen LogP contribution >= 0.6 is 0 Å². The first-order valence-electron chi connectivity index (χ1n) is 7.11. The Morgan fingerprint density at radius 2 is 1.76 bits per heavy atom. The Bertz CT molecular complexity index is 608. The van der Waals surface area contributed by atoms with Crippen molar-refractivity contribution in [2.24, 2.45) is 5.92 Å². The number of nitrogens with one attached hydrogen (secondary N) is 1. The van der Waals surface area contributed by atoms with Gasteiger partial charge in [-0.3, -0.25) is 4.90 Å². The van der Waals surface area contributed by atoms with Crippen molar-refractivity contribution in [3.63, 3.8) is 0 Å². The van der Waals surface area contributed by atoms with Crippen LogP contribution in [-0.4, -0.2) is 12.6 Å². The van der Waals surface area contributed by atoms with Gasteiger partial charge in [-0.1, -0.05) is 18.2 Å². The molecule has 0 saturated heterocycles. The van der Waals surface area contributed by atoms with Crippen LogP contribution in [0.5, 0.6) is 0 Å². The van der Waals surface area contributed by atoms with Crippen molar-refractivity contribution in [3.05, 3.63) is 60.4 Å². The van der Waals surface area contributed by atoms with E-state index in [-0.39, 0.29) is 11.8 Å². The van der Waals surface area contributed by atoms with Crippen molar-refractivity contribution >= 4 is 17.4 Å². The van der Waals surface area contributed by atoms with Crippen LogP contribution in [0, 0.1) is 11.7 Å². The third-order valence-electron chi connectivity index (χ3n) is 3.55. The average Bonchev–Trinajstić information content (AvgIpc) is 3.31. The zero-order valence-electron chi connectivity index (χ0n) is 11.6. The van der Waals surface area contributed by atoms with E-state index < -0.39 is 0 Å². The summed E-state index contributed by atoms with van der Waals surface area (Å²) in [7, 11) is 0. The molecule has 0 aromatic heterocycles. The van der Waals surface area contributed by atoms with E-state index in [0.717, 1.165) is 24.2 Å². The number of carbonyl (C=O) groups excluding carboxylic acids is 1. The minimum atomic E-state index is -0.298. The number of hydrogen-bond donors (Lipinski definition) is 1. The second-order valence-corrected chi connectivity index (χ2v) is 5.33. The summed E-state index contributed by atoms with van der Waals surface area (Å²) >= 11 is 0. The summed E-state index contributed by atoms with van der Waals surface area (Å²) in [5, 5.41) is 2.88. The molecule has 0 radical (unpaired) electrons. The highest BCUT2D eigenvalue weighted by Crippen LogP contribution is 2.31. The molecule has 1 aliphatic rings. The van der Waals surface area contributed by atoms with Gasteiger partial charge in [0.15, 0.2) is 0 Å². The van der Waals surface area contributed by atoms with Gasteiger partial charge < -0.3 is 5.32 Å². The van der Waals surface area contributed by atoms with Crippen molar-refractivity contribution in [2.75, 3.05) is 16.8 Å². The zero-order chi connectivity index (χ0) is 14.7. The highest BCUT2D eigenvalue weighted by atomic mass is 19.1. The zero-order valence-corrected chi connectivity index (χ0v) is 11.6. The topological polar surface area (TPSA) is 32.3 Å². The molecule has 2 aromatic carbocycles. The molecule has 1 saturated carbocycles. The van der Waals surface area contributed by atoms with Gasteiger partial charge in [-0.2, -0.15) is 0 Å². The maximum Gasteiger partial charge on any atom is 0.326 e. The molecule has 108 valence electrons. The lowest BCUT2D eigenvalue weighted by Crippen LogP contribution is -2.36. The predicted molar refractivity (Wildman–Crippen MR) is 81.9 cm³/mol. The number of anilines is 2. The molecule has 2 aromatic rings. The third-order valence-corrected chi connectivity index (χ3v) is 3.55. The first kappa shape index (κ1) is 13.6. The Morgan fingerprint density at radius 1 is 1.10 bits per heavy atom. The minimum Gasteiger partial charge on any atom is -0.308 e. The molecule has 4 heteroatoms. The molecule has 0 atom stereocenters. The monoisotopic (exact) mass is 284 g/mol. The second kappa shape index (κ2) is 5.95. The average molecular weight is 284 g/mol. The summed E-state index contributed by atoms with van der Waals surface area (Å²) in [4.78, 5) is 14.2. The summed E-state index contributed by atoms with van der Waals surface area (Å²) in [6.45, 7) is 0.671. The van der Waals surface area contributed by atoms with Crippen LogP contribution in [0.3, 0.4) is 0 Å². The van der Waals surface area contributed by atoms with Crippen molar-refractivity contribution < 1.29 is 9.18 Å². The fourth-order valence-corrected chi connectivity index (χ4v) is 2.20.